The summed E-state index contributed by atoms with van der Waals surface area (Å²) in [5, 5.41) is 2.97. The Labute approximate surface area is 159 Å². The Kier molecular flexibility index (Phi) is 8.43. The molecule has 1 atom stereocenters. The molecule has 1 amide bonds. The van der Waals surface area contributed by atoms with Gasteiger partial charge in [-0.2, -0.15) is 0 Å². The number of aryl methyl sites for hydroxylation is 1. The SMILES string of the molecule is Cc1ccc(C(C)C)cc1OCC(=O)NCCCCN1CCCC(C)C1. The minimum atomic E-state index is -0.0362. The van der Waals surface area contributed by atoms with Gasteiger partial charge >= 0.3 is 0 Å². The first-order valence-corrected chi connectivity index (χ1v) is 10.2. The molecular formula is C22H36N2O2. The minimum absolute atomic E-state index is 0.0362. The molecule has 1 aliphatic heterocycles. The fourth-order valence-electron chi connectivity index (χ4n) is 3.50. The van der Waals surface area contributed by atoms with E-state index in [2.05, 4.69) is 43.1 Å². The van der Waals surface area contributed by atoms with Crippen LogP contribution >= 0.6 is 0 Å². The molecule has 1 fully saturated rings. The van der Waals surface area contributed by atoms with E-state index in [0.29, 0.717) is 5.92 Å². The molecule has 1 heterocycles. The molecule has 4 heteroatoms. The van der Waals surface area contributed by atoms with Crippen LogP contribution in [0.1, 0.15) is 63.5 Å². The predicted molar refractivity (Wildman–Crippen MR) is 108 cm³/mol. The number of carbonyl (C=O) groups excluding carboxylic acids is 1. The van der Waals surface area contributed by atoms with Crippen molar-refractivity contribution in [1.29, 1.82) is 0 Å². The number of ether oxygens (including phenoxy) is 1. The number of nitrogens with one attached hydrogen (secondary N) is 1. The largest absolute Gasteiger partial charge is 0.483 e. The average Bonchev–Trinajstić information content (AvgIpc) is 2.60. The maximum atomic E-state index is 12.0. The molecule has 0 saturated carbocycles. The summed E-state index contributed by atoms with van der Waals surface area (Å²) in [4.78, 5) is 14.6. The molecule has 0 bridgehead atoms. The Morgan fingerprint density at radius 3 is 2.88 bits per heavy atom. The summed E-state index contributed by atoms with van der Waals surface area (Å²) in [5.41, 5.74) is 2.30. The molecule has 0 aromatic heterocycles. The van der Waals surface area contributed by atoms with Crippen LogP contribution in [0.15, 0.2) is 18.2 Å². The monoisotopic (exact) mass is 360 g/mol. The lowest BCUT2D eigenvalue weighted by molar-refractivity contribution is -0.123. The van der Waals surface area contributed by atoms with Gasteiger partial charge in [-0.05, 0) is 74.7 Å². The number of amides is 1. The summed E-state index contributed by atoms with van der Waals surface area (Å²) in [6.45, 7) is 13.1. The molecule has 1 N–H and O–H groups in total. The molecule has 1 aliphatic rings. The molecular weight excluding hydrogens is 324 g/mol. The Morgan fingerprint density at radius 1 is 1.35 bits per heavy atom. The number of benzene rings is 1. The van der Waals surface area contributed by atoms with Crippen molar-refractivity contribution in [3.63, 3.8) is 0 Å². The van der Waals surface area contributed by atoms with Gasteiger partial charge in [0.1, 0.15) is 5.75 Å². The van der Waals surface area contributed by atoms with Crippen molar-refractivity contribution in [1.82, 2.24) is 10.2 Å². The van der Waals surface area contributed by atoms with Crippen LogP contribution in [0.25, 0.3) is 0 Å². The summed E-state index contributed by atoms with van der Waals surface area (Å²) in [6, 6.07) is 6.23. The Hall–Kier alpha value is -1.55. The van der Waals surface area contributed by atoms with Crippen LogP contribution in [0.4, 0.5) is 0 Å². The van der Waals surface area contributed by atoms with Crippen molar-refractivity contribution in [2.24, 2.45) is 5.92 Å². The molecule has 0 radical (unpaired) electrons. The van der Waals surface area contributed by atoms with E-state index < -0.39 is 0 Å². The van der Waals surface area contributed by atoms with Crippen LogP contribution in [-0.2, 0) is 4.79 Å². The highest BCUT2D eigenvalue weighted by Gasteiger charge is 2.15. The van der Waals surface area contributed by atoms with Crippen molar-refractivity contribution in [2.45, 2.75) is 59.3 Å². The molecule has 2 rings (SSSR count). The van der Waals surface area contributed by atoms with E-state index in [1.165, 1.54) is 31.5 Å². The van der Waals surface area contributed by atoms with Crippen molar-refractivity contribution in [3.05, 3.63) is 29.3 Å². The molecule has 4 nitrogen and oxygen atoms in total. The number of unbranched alkanes of at least 4 members (excludes halogenated alkanes) is 1. The zero-order valence-corrected chi connectivity index (χ0v) is 17.0. The van der Waals surface area contributed by atoms with Gasteiger partial charge in [-0.3, -0.25) is 4.79 Å². The third-order valence-electron chi connectivity index (χ3n) is 5.20. The van der Waals surface area contributed by atoms with Crippen molar-refractivity contribution >= 4 is 5.91 Å². The Balaban J connectivity index is 1.61. The van der Waals surface area contributed by atoms with Gasteiger partial charge in [-0.15, -0.1) is 0 Å². The molecule has 26 heavy (non-hydrogen) atoms. The van der Waals surface area contributed by atoms with E-state index in [0.717, 1.165) is 43.2 Å². The first-order chi connectivity index (χ1) is 12.5. The standard InChI is InChI=1S/C22H36N2O2/c1-17(2)20-10-9-19(4)21(14-20)26-16-22(25)23-11-5-6-12-24-13-7-8-18(3)15-24/h9-10,14,17-18H,5-8,11-13,15-16H2,1-4H3,(H,23,25). The quantitative estimate of drug-likeness (QED) is 0.673. The van der Waals surface area contributed by atoms with Crippen LogP contribution in [0.3, 0.4) is 0 Å². The topological polar surface area (TPSA) is 41.6 Å². The van der Waals surface area contributed by atoms with E-state index in [9.17, 15) is 4.79 Å². The Morgan fingerprint density at radius 2 is 2.15 bits per heavy atom. The fourth-order valence-corrected chi connectivity index (χ4v) is 3.50. The first kappa shape index (κ1) is 20.8. The maximum Gasteiger partial charge on any atom is 0.257 e. The highest BCUT2D eigenvalue weighted by molar-refractivity contribution is 5.77. The zero-order valence-electron chi connectivity index (χ0n) is 17.0. The smallest absolute Gasteiger partial charge is 0.257 e. The average molecular weight is 361 g/mol. The summed E-state index contributed by atoms with van der Waals surface area (Å²) in [6.07, 6.45) is 4.86. The number of hydrogen-bond donors (Lipinski definition) is 1. The lowest BCUT2D eigenvalue weighted by Crippen LogP contribution is -2.35. The van der Waals surface area contributed by atoms with Gasteiger partial charge in [0, 0.05) is 13.1 Å². The third-order valence-corrected chi connectivity index (χ3v) is 5.20. The number of nitrogens with zero attached hydrogens (tertiary/aromatic N) is 1. The number of piperidine rings is 1. The van der Waals surface area contributed by atoms with E-state index in [4.69, 9.17) is 4.74 Å². The molecule has 1 aromatic carbocycles. The summed E-state index contributed by atoms with van der Waals surface area (Å²) in [7, 11) is 0. The highest BCUT2D eigenvalue weighted by Crippen LogP contribution is 2.24. The van der Waals surface area contributed by atoms with Crippen LogP contribution < -0.4 is 10.1 Å². The van der Waals surface area contributed by atoms with E-state index in [1.807, 2.05) is 13.0 Å². The lowest BCUT2D eigenvalue weighted by Gasteiger charge is -2.30. The van der Waals surface area contributed by atoms with Crippen LogP contribution in [0, 0.1) is 12.8 Å². The third kappa shape index (κ3) is 6.99. The van der Waals surface area contributed by atoms with Gasteiger partial charge in [0.2, 0.25) is 0 Å². The minimum Gasteiger partial charge on any atom is -0.483 e. The number of hydrogen-bond acceptors (Lipinski definition) is 3. The van der Waals surface area contributed by atoms with E-state index >= 15 is 0 Å². The summed E-state index contributed by atoms with van der Waals surface area (Å²) in [5.74, 6) is 2.06. The molecule has 1 unspecified atom stereocenters. The molecule has 0 aliphatic carbocycles. The summed E-state index contributed by atoms with van der Waals surface area (Å²) < 4.78 is 5.73. The maximum absolute atomic E-state index is 12.0. The number of carbonyl (C=O) groups is 1. The van der Waals surface area contributed by atoms with E-state index in [-0.39, 0.29) is 12.5 Å². The summed E-state index contributed by atoms with van der Waals surface area (Å²) >= 11 is 0. The second kappa shape index (κ2) is 10.6. The second-order valence-electron chi connectivity index (χ2n) is 8.07. The Bertz CT molecular complexity index is 571. The lowest BCUT2D eigenvalue weighted by atomic mass is 10.0. The van der Waals surface area contributed by atoms with Gasteiger partial charge in [0.15, 0.2) is 6.61 Å². The van der Waals surface area contributed by atoms with Crippen molar-refractivity contribution in [3.8, 4) is 5.75 Å². The highest BCUT2D eigenvalue weighted by atomic mass is 16.5. The van der Waals surface area contributed by atoms with Crippen molar-refractivity contribution < 1.29 is 9.53 Å². The van der Waals surface area contributed by atoms with Gasteiger partial charge in [-0.1, -0.05) is 32.9 Å². The first-order valence-electron chi connectivity index (χ1n) is 10.2. The molecule has 0 spiro atoms. The van der Waals surface area contributed by atoms with Gasteiger partial charge in [0.25, 0.3) is 5.91 Å². The molecule has 1 saturated heterocycles. The van der Waals surface area contributed by atoms with Crippen LogP contribution in [0.2, 0.25) is 0 Å². The van der Waals surface area contributed by atoms with Gasteiger partial charge in [-0.25, -0.2) is 0 Å². The van der Waals surface area contributed by atoms with Crippen molar-refractivity contribution in [2.75, 3.05) is 32.8 Å². The normalized spacial score (nSPS) is 18.1. The second-order valence-corrected chi connectivity index (χ2v) is 8.07. The zero-order chi connectivity index (χ0) is 18.9. The van der Waals surface area contributed by atoms with Gasteiger partial charge < -0.3 is 15.0 Å². The predicted octanol–water partition coefficient (Wildman–Crippen LogP) is 4.13. The van der Waals surface area contributed by atoms with Gasteiger partial charge in [0.05, 0.1) is 0 Å². The molecule has 1 aromatic rings. The van der Waals surface area contributed by atoms with Crippen LogP contribution in [-0.4, -0.2) is 43.6 Å². The van der Waals surface area contributed by atoms with Crippen LogP contribution in [0.5, 0.6) is 5.75 Å². The number of likely N-dealkylation sites (tertiary alicyclic amines) is 1. The molecule has 146 valence electrons. The number of rotatable bonds is 9. The van der Waals surface area contributed by atoms with E-state index in [1.54, 1.807) is 0 Å². The fraction of sp³-hybridized carbons (Fsp3) is 0.682.